The topological polar surface area (TPSA) is 54.4 Å². The van der Waals surface area contributed by atoms with E-state index in [1.54, 1.807) is 0 Å². The fourth-order valence-corrected chi connectivity index (χ4v) is 4.18. The van der Waals surface area contributed by atoms with Crippen LogP contribution < -0.4 is 9.80 Å². The van der Waals surface area contributed by atoms with Crippen LogP contribution in [0.15, 0.2) is 12.1 Å². The highest BCUT2D eigenvalue weighted by Gasteiger charge is 2.28. The molecule has 0 bridgehead atoms. The van der Waals surface area contributed by atoms with Gasteiger partial charge < -0.3 is 14.5 Å². The summed E-state index contributed by atoms with van der Waals surface area (Å²) in [5, 5.41) is 1.42. The van der Waals surface area contributed by atoms with Crippen molar-refractivity contribution < 1.29 is 4.74 Å². The van der Waals surface area contributed by atoms with Crippen molar-refractivity contribution in [3.05, 3.63) is 17.3 Å². The molecule has 4 heterocycles. The highest BCUT2D eigenvalue weighted by molar-refractivity contribution is 6.29. The predicted octanol–water partition coefficient (Wildman–Crippen LogP) is 3.67. The lowest BCUT2D eigenvalue weighted by atomic mass is 10.0. The molecule has 140 valence electrons. The van der Waals surface area contributed by atoms with Gasteiger partial charge in [0.25, 0.3) is 0 Å². The van der Waals surface area contributed by atoms with Crippen LogP contribution in [-0.4, -0.2) is 53.3 Å². The smallest absolute Gasteiger partial charge is 0.229 e. The Morgan fingerprint density at radius 3 is 2.85 bits per heavy atom. The first-order valence-electron chi connectivity index (χ1n) is 9.62. The second kappa shape index (κ2) is 7.53. The summed E-state index contributed by atoms with van der Waals surface area (Å²) in [6.45, 7) is 7.67. The van der Waals surface area contributed by atoms with Gasteiger partial charge in [-0.2, -0.15) is 9.97 Å². The minimum absolute atomic E-state index is 0.272. The fraction of sp³-hybridized carbons (Fsp3) is 0.632. The molecule has 2 aromatic heterocycles. The van der Waals surface area contributed by atoms with E-state index in [-0.39, 0.29) is 6.04 Å². The van der Waals surface area contributed by atoms with Gasteiger partial charge in [-0.15, -0.1) is 0 Å². The van der Waals surface area contributed by atoms with Crippen molar-refractivity contribution in [3.63, 3.8) is 0 Å². The summed E-state index contributed by atoms with van der Waals surface area (Å²) in [4.78, 5) is 19.0. The summed E-state index contributed by atoms with van der Waals surface area (Å²) in [6.07, 6.45) is 4.77. The van der Waals surface area contributed by atoms with Gasteiger partial charge in [0.05, 0.1) is 24.6 Å². The summed E-state index contributed by atoms with van der Waals surface area (Å²) in [6, 6.07) is 4.57. The molecule has 4 rings (SSSR count). The highest BCUT2D eigenvalue weighted by atomic mass is 35.5. The van der Waals surface area contributed by atoms with Crippen LogP contribution in [-0.2, 0) is 4.74 Å². The van der Waals surface area contributed by atoms with E-state index in [0.29, 0.717) is 30.1 Å². The molecule has 2 atom stereocenters. The monoisotopic (exact) mass is 375 g/mol. The molecule has 2 saturated heterocycles. The van der Waals surface area contributed by atoms with Gasteiger partial charge in [-0.1, -0.05) is 18.5 Å². The largest absolute Gasteiger partial charge is 0.377 e. The maximum atomic E-state index is 6.16. The highest BCUT2D eigenvalue weighted by Crippen LogP contribution is 2.31. The molecule has 6 nitrogen and oxygen atoms in total. The molecule has 0 aromatic carbocycles. The summed E-state index contributed by atoms with van der Waals surface area (Å²) < 4.78 is 5.61. The number of rotatable bonds is 3. The third-order valence-corrected chi connectivity index (χ3v) is 5.70. The van der Waals surface area contributed by atoms with E-state index >= 15 is 0 Å². The quantitative estimate of drug-likeness (QED) is 0.763. The number of piperidine rings is 1. The van der Waals surface area contributed by atoms with Gasteiger partial charge in [0.2, 0.25) is 5.95 Å². The normalized spacial score (nSPS) is 24.3. The maximum absolute atomic E-state index is 6.16. The van der Waals surface area contributed by atoms with Crippen molar-refractivity contribution in [3.8, 4) is 0 Å². The molecule has 7 heteroatoms. The third kappa shape index (κ3) is 3.32. The van der Waals surface area contributed by atoms with Gasteiger partial charge in [0, 0.05) is 19.1 Å². The number of anilines is 2. The Balaban J connectivity index is 1.83. The number of hydrogen-bond donors (Lipinski definition) is 0. The lowest BCUT2D eigenvalue weighted by Gasteiger charge is -2.38. The number of nitrogens with zero attached hydrogens (tertiary/aromatic N) is 5. The molecule has 0 aliphatic carbocycles. The van der Waals surface area contributed by atoms with Crippen LogP contribution in [0.25, 0.3) is 11.0 Å². The van der Waals surface area contributed by atoms with Gasteiger partial charge in [-0.05, 0) is 44.7 Å². The van der Waals surface area contributed by atoms with E-state index in [0.717, 1.165) is 36.7 Å². The van der Waals surface area contributed by atoms with Crippen LogP contribution in [0.1, 0.15) is 39.5 Å². The molecule has 0 spiro atoms. The average molecular weight is 376 g/mol. The number of fused-ring (bicyclic) bond motifs is 1. The fourth-order valence-electron chi connectivity index (χ4n) is 4.04. The second-order valence-electron chi connectivity index (χ2n) is 7.22. The molecule has 26 heavy (non-hydrogen) atoms. The number of morpholine rings is 1. The second-order valence-corrected chi connectivity index (χ2v) is 7.61. The summed E-state index contributed by atoms with van der Waals surface area (Å²) in [5.74, 6) is 1.73. The Morgan fingerprint density at radius 2 is 2.04 bits per heavy atom. The Labute approximate surface area is 159 Å². The van der Waals surface area contributed by atoms with Crippen molar-refractivity contribution in [1.82, 2.24) is 15.0 Å². The van der Waals surface area contributed by atoms with E-state index in [1.807, 2.05) is 12.1 Å². The van der Waals surface area contributed by atoms with Gasteiger partial charge in [0.15, 0.2) is 5.65 Å². The van der Waals surface area contributed by atoms with Crippen LogP contribution in [0.3, 0.4) is 0 Å². The predicted molar refractivity (Wildman–Crippen MR) is 105 cm³/mol. The van der Waals surface area contributed by atoms with Gasteiger partial charge in [0.1, 0.15) is 11.0 Å². The zero-order valence-electron chi connectivity index (χ0n) is 15.5. The molecule has 2 aliphatic heterocycles. The van der Waals surface area contributed by atoms with Crippen LogP contribution in [0, 0.1) is 0 Å². The number of aromatic nitrogens is 3. The Bertz CT molecular complexity index is 786. The van der Waals surface area contributed by atoms with E-state index in [4.69, 9.17) is 26.3 Å². The number of hydrogen-bond acceptors (Lipinski definition) is 6. The third-order valence-electron chi connectivity index (χ3n) is 5.49. The van der Waals surface area contributed by atoms with Crippen molar-refractivity contribution in [2.75, 3.05) is 36.1 Å². The minimum atomic E-state index is 0.272. The first kappa shape index (κ1) is 17.7. The van der Waals surface area contributed by atoms with Crippen LogP contribution >= 0.6 is 11.6 Å². The molecular weight excluding hydrogens is 350 g/mol. The molecular formula is C19H26ClN5O. The van der Waals surface area contributed by atoms with E-state index in [1.165, 1.54) is 19.3 Å². The SMILES string of the molecule is CCC1CCCCN1c1nc(N2CCOCC2C)c2ccc(Cl)nc2n1. The molecule has 0 amide bonds. The molecule has 0 saturated carbocycles. The molecule has 2 aromatic rings. The summed E-state index contributed by atoms with van der Waals surface area (Å²) in [5.41, 5.74) is 0.677. The average Bonchev–Trinajstić information content (AvgIpc) is 2.67. The van der Waals surface area contributed by atoms with Crippen LogP contribution in [0.5, 0.6) is 0 Å². The van der Waals surface area contributed by atoms with Gasteiger partial charge >= 0.3 is 0 Å². The zero-order valence-corrected chi connectivity index (χ0v) is 16.2. The Hall–Kier alpha value is -1.66. The van der Waals surface area contributed by atoms with Crippen molar-refractivity contribution >= 4 is 34.4 Å². The van der Waals surface area contributed by atoms with E-state index < -0.39 is 0 Å². The first-order chi connectivity index (χ1) is 12.7. The summed E-state index contributed by atoms with van der Waals surface area (Å²) in [7, 11) is 0. The standard InChI is InChI=1S/C19H26ClN5O/c1-3-14-6-4-5-9-25(14)19-22-17-15(7-8-16(20)21-17)18(23-19)24-10-11-26-12-13(24)2/h7-8,13-14H,3-6,9-12H2,1-2H3. The molecule has 2 unspecified atom stereocenters. The van der Waals surface area contributed by atoms with Gasteiger partial charge in [-0.25, -0.2) is 4.98 Å². The lowest BCUT2D eigenvalue weighted by molar-refractivity contribution is 0.0987. The number of ether oxygens (including phenoxy) is 1. The van der Waals surface area contributed by atoms with Crippen molar-refractivity contribution in [1.29, 1.82) is 0 Å². The number of halogens is 1. The molecule has 2 aliphatic rings. The molecule has 0 N–H and O–H groups in total. The zero-order chi connectivity index (χ0) is 18.1. The van der Waals surface area contributed by atoms with Gasteiger partial charge in [-0.3, -0.25) is 0 Å². The molecule has 0 radical (unpaired) electrons. The Morgan fingerprint density at radius 1 is 1.15 bits per heavy atom. The maximum Gasteiger partial charge on any atom is 0.229 e. The Kier molecular flexibility index (Phi) is 5.14. The van der Waals surface area contributed by atoms with Crippen molar-refractivity contribution in [2.24, 2.45) is 0 Å². The van der Waals surface area contributed by atoms with Crippen LogP contribution in [0.2, 0.25) is 5.15 Å². The number of pyridine rings is 1. The van der Waals surface area contributed by atoms with Crippen molar-refractivity contribution in [2.45, 2.75) is 51.6 Å². The van der Waals surface area contributed by atoms with E-state index in [2.05, 4.69) is 28.6 Å². The summed E-state index contributed by atoms with van der Waals surface area (Å²) >= 11 is 6.16. The first-order valence-corrected chi connectivity index (χ1v) is 10.0. The lowest BCUT2D eigenvalue weighted by Crippen LogP contribution is -2.45. The minimum Gasteiger partial charge on any atom is -0.377 e. The molecule has 2 fully saturated rings. The van der Waals surface area contributed by atoms with E-state index in [9.17, 15) is 0 Å². The van der Waals surface area contributed by atoms with Crippen LogP contribution in [0.4, 0.5) is 11.8 Å².